The van der Waals surface area contributed by atoms with Crippen LogP contribution in [-0.4, -0.2) is 34.5 Å². The van der Waals surface area contributed by atoms with Gasteiger partial charge in [0.05, 0.1) is 25.1 Å². The summed E-state index contributed by atoms with van der Waals surface area (Å²) in [6.45, 7) is 2.60. The van der Waals surface area contributed by atoms with Gasteiger partial charge in [0.15, 0.2) is 5.17 Å². The quantitative estimate of drug-likeness (QED) is 0.530. The van der Waals surface area contributed by atoms with Gasteiger partial charge in [0.2, 0.25) is 5.91 Å². The van der Waals surface area contributed by atoms with Crippen molar-refractivity contribution in [3.63, 3.8) is 0 Å². The third-order valence-electron chi connectivity index (χ3n) is 4.23. The van der Waals surface area contributed by atoms with Crippen molar-refractivity contribution < 1.29 is 9.53 Å². The van der Waals surface area contributed by atoms with E-state index in [0.717, 1.165) is 29.7 Å². The van der Waals surface area contributed by atoms with E-state index in [-0.39, 0.29) is 11.2 Å². The van der Waals surface area contributed by atoms with Crippen LogP contribution >= 0.6 is 11.8 Å². The third kappa shape index (κ3) is 4.77. The number of para-hydroxylation sites is 1. The van der Waals surface area contributed by atoms with Gasteiger partial charge in [-0.15, -0.1) is 5.10 Å². The lowest BCUT2D eigenvalue weighted by molar-refractivity contribution is -0.126. The number of hydrogen-bond acceptors (Lipinski definition) is 5. The van der Waals surface area contributed by atoms with Gasteiger partial charge in [-0.2, -0.15) is 5.10 Å². The van der Waals surface area contributed by atoms with Gasteiger partial charge in [0.25, 0.3) is 0 Å². The van der Waals surface area contributed by atoms with E-state index in [1.165, 1.54) is 11.8 Å². The van der Waals surface area contributed by atoms with Gasteiger partial charge in [0, 0.05) is 5.56 Å². The van der Waals surface area contributed by atoms with Crippen molar-refractivity contribution in [2.75, 3.05) is 7.11 Å². The van der Waals surface area contributed by atoms with Crippen molar-refractivity contribution in [2.45, 2.75) is 31.6 Å². The first-order valence-corrected chi connectivity index (χ1v) is 9.87. The molecule has 140 valence electrons. The number of hydrogen-bond donors (Lipinski definition) is 0. The highest BCUT2D eigenvalue weighted by atomic mass is 32.2. The lowest BCUT2D eigenvalue weighted by Crippen LogP contribution is -2.31. The summed E-state index contributed by atoms with van der Waals surface area (Å²) in [6, 6.07) is 17.6. The lowest BCUT2D eigenvalue weighted by atomic mass is 10.2. The lowest BCUT2D eigenvalue weighted by Gasteiger charge is -2.15. The van der Waals surface area contributed by atoms with E-state index in [0.29, 0.717) is 11.7 Å². The molecule has 1 aliphatic heterocycles. The van der Waals surface area contributed by atoms with E-state index in [9.17, 15) is 4.79 Å². The van der Waals surface area contributed by atoms with Crippen molar-refractivity contribution >= 4 is 29.1 Å². The second-order valence-corrected chi connectivity index (χ2v) is 7.34. The third-order valence-corrected chi connectivity index (χ3v) is 5.47. The maximum Gasteiger partial charge on any atom is 0.242 e. The molecule has 0 radical (unpaired) electrons. The number of carbonyl (C=O) groups excluding carboxylic acids is 1. The Balaban J connectivity index is 1.82. The van der Waals surface area contributed by atoms with Crippen molar-refractivity contribution in [3.8, 4) is 5.75 Å². The predicted molar refractivity (Wildman–Crippen MR) is 111 cm³/mol. The van der Waals surface area contributed by atoms with Gasteiger partial charge < -0.3 is 4.74 Å². The predicted octanol–water partition coefficient (Wildman–Crippen LogP) is 4.33. The number of benzene rings is 2. The molecule has 3 rings (SSSR count). The van der Waals surface area contributed by atoms with Gasteiger partial charge >= 0.3 is 0 Å². The van der Waals surface area contributed by atoms with Gasteiger partial charge in [-0.3, -0.25) is 9.69 Å². The number of amides is 1. The standard InChI is InChI=1S/C21H23N3O2S/c1-3-9-19-20(25)24(15-16-10-5-4-6-11-16)21(27-19)23-22-14-17-12-7-8-13-18(17)26-2/h4-8,10-14,19H,3,9,15H2,1-2H3/b22-14-,23-21-/t19-/m1/s1. The number of rotatable bonds is 7. The average Bonchev–Trinajstić information content (AvgIpc) is 2.98. The Kier molecular flexibility index (Phi) is 6.65. The summed E-state index contributed by atoms with van der Waals surface area (Å²) in [6.07, 6.45) is 3.45. The van der Waals surface area contributed by atoms with Gasteiger partial charge in [-0.05, 0) is 24.1 Å². The summed E-state index contributed by atoms with van der Waals surface area (Å²) < 4.78 is 5.32. The average molecular weight is 382 g/mol. The van der Waals surface area contributed by atoms with Crippen LogP contribution in [0.15, 0.2) is 64.8 Å². The van der Waals surface area contributed by atoms with Crippen LogP contribution in [0.3, 0.4) is 0 Å². The first-order chi connectivity index (χ1) is 13.2. The molecule has 6 heteroatoms. The van der Waals surface area contributed by atoms with E-state index < -0.39 is 0 Å². The molecular weight excluding hydrogens is 358 g/mol. The summed E-state index contributed by atoms with van der Waals surface area (Å²) in [7, 11) is 1.63. The largest absolute Gasteiger partial charge is 0.496 e. The molecule has 1 aliphatic rings. The Bertz CT molecular complexity index is 836. The van der Waals surface area contributed by atoms with E-state index in [1.54, 1.807) is 18.2 Å². The number of amidine groups is 1. The Morgan fingerprint density at radius 2 is 1.89 bits per heavy atom. The van der Waals surface area contributed by atoms with E-state index >= 15 is 0 Å². The molecular formula is C21H23N3O2S. The second-order valence-electron chi connectivity index (χ2n) is 6.17. The zero-order chi connectivity index (χ0) is 19.1. The van der Waals surface area contributed by atoms with E-state index in [2.05, 4.69) is 17.1 Å². The number of methoxy groups -OCH3 is 1. The molecule has 1 fully saturated rings. The van der Waals surface area contributed by atoms with Crippen molar-refractivity contribution in [1.29, 1.82) is 0 Å². The zero-order valence-corrected chi connectivity index (χ0v) is 16.4. The molecule has 1 saturated heterocycles. The van der Waals surface area contributed by atoms with Crippen LogP contribution in [0.1, 0.15) is 30.9 Å². The molecule has 5 nitrogen and oxygen atoms in total. The van der Waals surface area contributed by atoms with Crippen LogP contribution in [0.2, 0.25) is 0 Å². The molecule has 1 amide bonds. The topological polar surface area (TPSA) is 54.3 Å². The number of ether oxygens (including phenoxy) is 1. The van der Waals surface area contributed by atoms with Crippen molar-refractivity contribution in [3.05, 3.63) is 65.7 Å². The molecule has 1 atom stereocenters. The highest BCUT2D eigenvalue weighted by Crippen LogP contribution is 2.31. The monoisotopic (exact) mass is 381 g/mol. The molecule has 2 aromatic carbocycles. The Labute approximate surface area is 164 Å². The Morgan fingerprint density at radius 1 is 1.15 bits per heavy atom. The van der Waals surface area contributed by atoms with Crippen LogP contribution in [-0.2, 0) is 11.3 Å². The van der Waals surface area contributed by atoms with E-state index in [1.807, 2.05) is 54.6 Å². The minimum atomic E-state index is -0.0843. The summed E-state index contributed by atoms with van der Waals surface area (Å²) in [5, 5.41) is 9.14. The number of thioether (sulfide) groups is 1. The smallest absolute Gasteiger partial charge is 0.242 e. The van der Waals surface area contributed by atoms with Gasteiger partial charge in [0.1, 0.15) is 5.75 Å². The number of carbonyl (C=O) groups is 1. The van der Waals surface area contributed by atoms with Crippen LogP contribution < -0.4 is 4.74 Å². The minimum absolute atomic E-state index is 0.0843. The van der Waals surface area contributed by atoms with E-state index in [4.69, 9.17) is 4.74 Å². The fourth-order valence-corrected chi connectivity index (χ4v) is 4.07. The number of nitrogens with zero attached hydrogens (tertiary/aromatic N) is 3. The van der Waals surface area contributed by atoms with Crippen LogP contribution in [0.5, 0.6) is 5.75 Å². The summed E-state index contributed by atoms with van der Waals surface area (Å²) >= 11 is 1.50. The van der Waals surface area contributed by atoms with Crippen LogP contribution in [0, 0.1) is 0 Å². The first-order valence-electron chi connectivity index (χ1n) is 8.99. The molecule has 0 saturated carbocycles. The molecule has 0 aromatic heterocycles. The van der Waals surface area contributed by atoms with Crippen LogP contribution in [0.4, 0.5) is 0 Å². The summed E-state index contributed by atoms with van der Waals surface area (Å²) in [5.41, 5.74) is 1.92. The fraction of sp³-hybridized carbons (Fsp3) is 0.286. The van der Waals surface area contributed by atoms with Crippen LogP contribution in [0.25, 0.3) is 0 Å². The van der Waals surface area contributed by atoms with Gasteiger partial charge in [-0.25, -0.2) is 0 Å². The summed E-state index contributed by atoms with van der Waals surface area (Å²) in [5.74, 6) is 0.846. The van der Waals surface area contributed by atoms with Crippen molar-refractivity contribution in [2.24, 2.45) is 10.2 Å². The maximum absolute atomic E-state index is 12.8. The molecule has 0 bridgehead atoms. The molecule has 0 spiro atoms. The molecule has 0 N–H and O–H groups in total. The molecule has 2 aromatic rings. The second kappa shape index (κ2) is 9.37. The molecule has 1 heterocycles. The van der Waals surface area contributed by atoms with Gasteiger partial charge in [-0.1, -0.05) is 67.6 Å². The zero-order valence-electron chi connectivity index (χ0n) is 15.5. The molecule has 0 aliphatic carbocycles. The maximum atomic E-state index is 12.8. The van der Waals surface area contributed by atoms with Crippen molar-refractivity contribution in [1.82, 2.24) is 4.90 Å². The molecule has 0 unspecified atom stereocenters. The normalized spacial score (nSPS) is 18.6. The Hall–Kier alpha value is -2.60. The highest BCUT2D eigenvalue weighted by molar-refractivity contribution is 8.15. The Morgan fingerprint density at radius 3 is 2.63 bits per heavy atom. The molecule has 27 heavy (non-hydrogen) atoms. The summed E-state index contributed by atoms with van der Waals surface area (Å²) in [4.78, 5) is 14.5. The minimum Gasteiger partial charge on any atom is -0.496 e. The highest BCUT2D eigenvalue weighted by Gasteiger charge is 2.37. The SMILES string of the molecule is CCC[C@H]1S/C(=N\N=C/c2ccccc2OC)N(Cc2ccccc2)C1=O. The fourth-order valence-electron chi connectivity index (χ4n) is 2.86. The first kappa shape index (κ1) is 19.2.